The van der Waals surface area contributed by atoms with Gasteiger partial charge in [-0.05, 0) is 42.5 Å². The average molecular weight is 495 g/mol. The van der Waals surface area contributed by atoms with Crippen LogP contribution >= 0.6 is 0 Å². The van der Waals surface area contributed by atoms with E-state index in [2.05, 4.69) is 19.9 Å². The Morgan fingerprint density at radius 1 is 0.972 bits per heavy atom. The fourth-order valence-electron chi connectivity index (χ4n) is 3.21. The number of benzene rings is 2. The lowest BCUT2D eigenvalue weighted by Crippen LogP contribution is -2.14. The molecule has 0 aliphatic heterocycles. The van der Waals surface area contributed by atoms with Crippen LogP contribution in [0.1, 0.15) is 16.1 Å². The van der Waals surface area contributed by atoms with E-state index in [1.54, 1.807) is 43.3 Å². The maximum Gasteiger partial charge on any atom is 0.416 e. The molecule has 0 aliphatic rings. The Labute approximate surface area is 203 Å². The molecule has 0 unspecified atom stereocenters. The van der Waals surface area contributed by atoms with Gasteiger partial charge in [0.15, 0.2) is 5.82 Å². The number of aromatic nitrogens is 4. The Hall–Kier alpha value is -4.74. The van der Waals surface area contributed by atoms with E-state index in [9.17, 15) is 18.0 Å². The van der Waals surface area contributed by atoms with Gasteiger partial charge in [-0.15, -0.1) is 0 Å². The number of nitrogens with zero attached hydrogens (tertiary/aromatic N) is 5. The third-order valence-corrected chi connectivity index (χ3v) is 5.02. The van der Waals surface area contributed by atoms with Crippen LogP contribution in [0, 0.1) is 0 Å². The van der Waals surface area contributed by atoms with Crippen LogP contribution < -0.4 is 21.1 Å². The minimum absolute atomic E-state index is 0.0337. The fraction of sp³-hybridized carbons (Fsp3) is 0.125. The van der Waals surface area contributed by atoms with Gasteiger partial charge < -0.3 is 21.1 Å². The van der Waals surface area contributed by atoms with E-state index in [0.29, 0.717) is 17.1 Å². The number of nitrogens with two attached hydrogens (primary N) is 2. The molecule has 4 N–H and O–H groups in total. The Kier molecular flexibility index (Phi) is 6.43. The number of amides is 1. The number of carbonyl (C=O) groups excluding carboxylic acids is 1. The van der Waals surface area contributed by atoms with Gasteiger partial charge in [-0.25, -0.2) is 15.0 Å². The van der Waals surface area contributed by atoms with E-state index in [-0.39, 0.29) is 34.3 Å². The van der Waals surface area contributed by atoms with Gasteiger partial charge in [0.25, 0.3) is 5.91 Å². The van der Waals surface area contributed by atoms with Crippen LogP contribution in [-0.4, -0.2) is 39.9 Å². The van der Waals surface area contributed by atoms with Gasteiger partial charge in [0.2, 0.25) is 0 Å². The number of primary amides is 1. The molecule has 2 heterocycles. The van der Waals surface area contributed by atoms with Crippen molar-refractivity contribution in [2.24, 2.45) is 5.73 Å². The lowest BCUT2D eigenvalue weighted by molar-refractivity contribution is -0.137. The van der Waals surface area contributed by atoms with Gasteiger partial charge in [-0.1, -0.05) is 0 Å². The van der Waals surface area contributed by atoms with Crippen LogP contribution in [0.3, 0.4) is 0 Å². The molecule has 2 aromatic carbocycles. The van der Waals surface area contributed by atoms with Gasteiger partial charge in [0.1, 0.15) is 28.8 Å². The zero-order valence-electron chi connectivity index (χ0n) is 19.1. The van der Waals surface area contributed by atoms with Crippen LogP contribution in [-0.2, 0) is 6.18 Å². The van der Waals surface area contributed by atoms with Crippen LogP contribution in [0.5, 0.6) is 11.5 Å². The van der Waals surface area contributed by atoms with Crippen molar-refractivity contribution in [2.45, 2.75) is 6.18 Å². The van der Waals surface area contributed by atoms with Crippen molar-refractivity contribution in [3.8, 4) is 34.1 Å². The molecule has 4 aromatic rings. The summed E-state index contributed by atoms with van der Waals surface area (Å²) in [6, 6.07) is 10.8. The highest BCUT2D eigenvalue weighted by Crippen LogP contribution is 2.38. The molecule has 4 rings (SSSR count). The first-order valence-electron chi connectivity index (χ1n) is 10.4. The normalized spacial score (nSPS) is 11.2. The number of anilines is 2. The van der Waals surface area contributed by atoms with Gasteiger partial charge in [0.05, 0.1) is 23.7 Å². The molecule has 0 fully saturated rings. The van der Waals surface area contributed by atoms with Crippen LogP contribution in [0.2, 0.25) is 0 Å². The summed E-state index contributed by atoms with van der Waals surface area (Å²) in [5.74, 6) is 0.538. The molecular weight excluding hydrogens is 475 g/mol. The average Bonchev–Trinajstić information content (AvgIpc) is 2.83. The number of alkyl halides is 3. The van der Waals surface area contributed by atoms with E-state index in [4.69, 9.17) is 16.2 Å². The van der Waals surface area contributed by atoms with Crippen LogP contribution in [0.15, 0.2) is 60.9 Å². The largest absolute Gasteiger partial charge is 0.457 e. The third-order valence-electron chi connectivity index (χ3n) is 5.02. The van der Waals surface area contributed by atoms with Crippen molar-refractivity contribution in [2.75, 3.05) is 24.7 Å². The molecule has 0 bridgehead atoms. The standard InChI is InChI=1S/C24H20F3N7O2/c1-34(2)21-12-30-18(11-31-21)16-9-14(24(25,26)27)5-8-19(16)36-15-6-3-13(4-7-15)23-32-17(22(29)35)10-20(28)33-23/h3-12H,1-2H3,(H2,29,35)(H2,28,32,33). The van der Waals surface area contributed by atoms with Crippen molar-refractivity contribution < 1.29 is 22.7 Å². The maximum absolute atomic E-state index is 13.4. The number of hydrogen-bond acceptors (Lipinski definition) is 8. The molecule has 9 nitrogen and oxygen atoms in total. The highest BCUT2D eigenvalue weighted by molar-refractivity contribution is 5.91. The molecule has 0 saturated carbocycles. The van der Waals surface area contributed by atoms with Gasteiger partial charge >= 0.3 is 6.18 Å². The molecular formula is C24H20F3N7O2. The minimum Gasteiger partial charge on any atom is -0.457 e. The molecule has 0 saturated heterocycles. The summed E-state index contributed by atoms with van der Waals surface area (Å²) in [4.78, 5) is 29.9. The van der Waals surface area contributed by atoms with Crippen molar-refractivity contribution in [1.82, 2.24) is 19.9 Å². The first kappa shape index (κ1) is 24.4. The third kappa shape index (κ3) is 5.32. The number of rotatable bonds is 6. The van der Waals surface area contributed by atoms with E-state index >= 15 is 0 Å². The maximum atomic E-state index is 13.4. The molecule has 12 heteroatoms. The first-order chi connectivity index (χ1) is 17.0. The predicted molar refractivity (Wildman–Crippen MR) is 127 cm³/mol. The smallest absolute Gasteiger partial charge is 0.416 e. The number of halogens is 3. The Morgan fingerprint density at radius 3 is 2.28 bits per heavy atom. The SMILES string of the molecule is CN(C)c1cnc(-c2cc(C(F)(F)F)ccc2Oc2ccc(-c3nc(N)cc(C(N)=O)n3)cc2)cn1. The first-order valence-corrected chi connectivity index (χ1v) is 10.4. The summed E-state index contributed by atoms with van der Waals surface area (Å²) in [7, 11) is 3.55. The minimum atomic E-state index is -4.55. The topological polar surface area (TPSA) is 133 Å². The molecule has 0 atom stereocenters. The molecule has 184 valence electrons. The zero-order chi connectivity index (χ0) is 26.0. The Bertz CT molecular complexity index is 1410. The van der Waals surface area contributed by atoms with Gasteiger partial charge in [-0.2, -0.15) is 13.2 Å². The second-order valence-electron chi connectivity index (χ2n) is 7.86. The second kappa shape index (κ2) is 9.49. The number of hydrogen-bond donors (Lipinski definition) is 2. The molecule has 0 radical (unpaired) electrons. The zero-order valence-corrected chi connectivity index (χ0v) is 19.1. The Morgan fingerprint density at radius 2 is 1.69 bits per heavy atom. The number of ether oxygens (including phenoxy) is 1. The summed E-state index contributed by atoms with van der Waals surface area (Å²) in [6.07, 6.45) is -1.71. The summed E-state index contributed by atoms with van der Waals surface area (Å²) >= 11 is 0. The van der Waals surface area contributed by atoms with Gasteiger partial charge in [-0.3, -0.25) is 9.78 Å². The summed E-state index contributed by atoms with van der Waals surface area (Å²) in [6.45, 7) is 0. The van der Waals surface area contributed by atoms with Gasteiger partial charge in [0, 0.05) is 31.3 Å². The van der Waals surface area contributed by atoms with Crippen molar-refractivity contribution in [1.29, 1.82) is 0 Å². The number of carbonyl (C=O) groups is 1. The fourth-order valence-corrected chi connectivity index (χ4v) is 3.21. The van der Waals surface area contributed by atoms with Crippen LogP contribution in [0.4, 0.5) is 24.8 Å². The second-order valence-corrected chi connectivity index (χ2v) is 7.86. The molecule has 36 heavy (non-hydrogen) atoms. The molecule has 0 aliphatic carbocycles. The van der Waals surface area contributed by atoms with E-state index in [0.717, 1.165) is 12.1 Å². The monoisotopic (exact) mass is 495 g/mol. The summed E-state index contributed by atoms with van der Waals surface area (Å²) in [5.41, 5.74) is 11.0. The molecule has 0 spiro atoms. The Balaban J connectivity index is 1.68. The van der Waals surface area contributed by atoms with E-state index in [1.807, 2.05) is 0 Å². The lowest BCUT2D eigenvalue weighted by Gasteiger charge is -2.15. The van der Waals surface area contributed by atoms with E-state index < -0.39 is 17.6 Å². The van der Waals surface area contributed by atoms with Crippen LogP contribution in [0.25, 0.3) is 22.6 Å². The van der Waals surface area contributed by atoms with Crippen molar-refractivity contribution in [3.63, 3.8) is 0 Å². The van der Waals surface area contributed by atoms with Crippen molar-refractivity contribution in [3.05, 3.63) is 72.2 Å². The highest BCUT2D eigenvalue weighted by atomic mass is 19.4. The molecule has 1 amide bonds. The number of nitrogen functional groups attached to an aromatic ring is 1. The summed E-state index contributed by atoms with van der Waals surface area (Å²) < 4.78 is 46.1. The van der Waals surface area contributed by atoms with Crippen molar-refractivity contribution >= 4 is 17.5 Å². The lowest BCUT2D eigenvalue weighted by atomic mass is 10.1. The quantitative estimate of drug-likeness (QED) is 0.407. The highest BCUT2D eigenvalue weighted by Gasteiger charge is 2.31. The summed E-state index contributed by atoms with van der Waals surface area (Å²) in [5, 5.41) is 0. The predicted octanol–water partition coefficient (Wildman–Crippen LogP) is 4.16. The van der Waals surface area contributed by atoms with E-state index in [1.165, 1.54) is 24.5 Å². The molecule has 2 aromatic heterocycles.